The van der Waals surface area contributed by atoms with Crippen LogP contribution in [-0.2, 0) is 0 Å². The molecule has 0 heterocycles. The van der Waals surface area contributed by atoms with E-state index in [1.807, 2.05) is 7.05 Å². The molecule has 1 nitrogen and oxygen atoms in total. The van der Waals surface area contributed by atoms with E-state index in [0.29, 0.717) is 11.8 Å². The van der Waals surface area contributed by atoms with Gasteiger partial charge in [0.1, 0.15) is 0 Å². The zero-order chi connectivity index (χ0) is 10.6. The number of nitrogens with one attached hydrogen (secondary N) is 1. The van der Waals surface area contributed by atoms with Crippen LogP contribution in [0, 0.1) is 12.8 Å². The van der Waals surface area contributed by atoms with Gasteiger partial charge in [-0.3, -0.25) is 0 Å². The highest BCUT2D eigenvalue weighted by Gasteiger charge is 2.13. The van der Waals surface area contributed by atoms with Crippen LogP contribution in [0.15, 0.2) is 24.3 Å². The summed E-state index contributed by atoms with van der Waals surface area (Å²) < 4.78 is 0. The van der Waals surface area contributed by atoms with E-state index < -0.39 is 0 Å². The Morgan fingerprint density at radius 2 is 2.00 bits per heavy atom. The fourth-order valence-corrected chi connectivity index (χ4v) is 1.78. The summed E-state index contributed by atoms with van der Waals surface area (Å²) >= 11 is 0. The lowest BCUT2D eigenvalue weighted by molar-refractivity contribution is 0.466. The molecule has 1 rings (SSSR count). The SMILES string of the molecule is CNCC(C)C(C)c1cccc(C)c1. The summed E-state index contributed by atoms with van der Waals surface area (Å²) in [6.45, 7) is 7.83. The lowest BCUT2D eigenvalue weighted by atomic mass is 9.88. The predicted molar refractivity (Wildman–Crippen MR) is 62.7 cm³/mol. The standard InChI is InChI=1S/C13H21N/c1-10-6-5-7-13(8-10)12(3)11(2)9-14-4/h5-8,11-12,14H,9H2,1-4H3. The smallest absolute Gasteiger partial charge is 0.00204 e. The predicted octanol–water partition coefficient (Wildman–Crippen LogP) is 2.95. The van der Waals surface area contributed by atoms with Crippen molar-refractivity contribution in [2.75, 3.05) is 13.6 Å². The van der Waals surface area contributed by atoms with Gasteiger partial charge >= 0.3 is 0 Å². The Kier molecular flexibility index (Phi) is 4.15. The van der Waals surface area contributed by atoms with Gasteiger partial charge in [0.25, 0.3) is 0 Å². The number of rotatable bonds is 4. The molecule has 1 aromatic carbocycles. The third-order valence-electron chi connectivity index (χ3n) is 2.95. The van der Waals surface area contributed by atoms with Gasteiger partial charge in [0.15, 0.2) is 0 Å². The molecule has 2 unspecified atom stereocenters. The second-order valence-electron chi connectivity index (χ2n) is 4.24. The van der Waals surface area contributed by atoms with Crippen LogP contribution in [0.5, 0.6) is 0 Å². The molecular formula is C13H21N. The zero-order valence-electron chi connectivity index (χ0n) is 9.67. The largest absolute Gasteiger partial charge is 0.319 e. The van der Waals surface area contributed by atoms with E-state index in [1.165, 1.54) is 11.1 Å². The molecule has 78 valence electrons. The van der Waals surface area contributed by atoms with Gasteiger partial charge in [-0.15, -0.1) is 0 Å². The van der Waals surface area contributed by atoms with Crippen LogP contribution in [0.3, 0.4) is 0 Å². The molecule has 0 saturated heterocycles. The van der Waals surface area contributed by atoms with Crippen molar-refractivity contribution in [1.82, 2.24) is 5.32 Å². The molecule has 0 radical (unpaired) electrons. The zero-order valence-corrected chi connectivity index (χ0v) is 9.67. The molecule has 1 heteroatoms. The summed E-state index contributed by atoms with van der Waals surface area (Å²) in [6.07, 6.45) is 0. The van der Waals surface area contributed by atoms with E-state index in [-0.39, 0.29) is 0 Å². The normalized spacial score (nSPS) is 15.1. The summed E-state index contributed by atoms with van der Waals surface area (Å²) in [7, 11) is 2.01. The minimum absolute atomic E-state index is 0.627. The van der Waals surface area contributed by atoms with Gasteiger partial charge in [0.2, 0.25) is 0 Å². The van der Waals surface area contributed by atoms with Gasteiger partial charge in [-0.1, -0.05) is 43.7 Å². The first-order chi connectivity index (χ1) is 6.65. The van der Waals surface area contributed by atoms with Crippen molar-refractivity contribution in [2.24, 2.45) is 5.92 Å². The lowest BCUT2D eigenvalue weighted by Gasteiger charge is -2.20. The molecule has 0 bridgehead atoms. The maximum Gasteiger partial charge on any atom is -0.00204 e. The Morgan fingerprint density at radius 3 is 2.57 bits per heavy atom. The molecule has 1 aromatic rings. The first-order valence-corrected chi connectivity index (χ1v) is 5.36. The minimum Gasteiger partial charge on any atom is -0.319 e. The van der Waals surface area contributed by atoms with Crippen LogP contribution in [-0.4, -0.2) is 13.6 Å². The monoisotopic (exact) mass is 191 g/mol. The number of benzene rings is 1. The fourth-order valence-electron chi connectivity index (χ4n) is 1.78. The first-order valence-electron chi connectivity index (χ1n) is 5.36. The van der Waals surface area contributed by atoms with Crippen molar-refractivity contribution in [3.8, 4) is 0 Å². The van der Waals surface area contributed by atoms with E-state index in [9.17, 15) is 0 Å². The Balaban J connectivity index is 2.73. The second-order valence-corrected chi connectivity index (χ2v) is 4.24. The third kappa shape index (κ3) is 2.85. The molecule has 0 aromatic heterocycles. The van der Waals surface area contributed by atoms with Gasteiger partial charge in [0.05, 0.1) is 0 Å². The first kappa shape index (κ1) is 11.3. The van der Waals surface area contributed by atoms with Gasteiger partial charge in [-0.25, -0.2) is 0 Å². The summed E-state index contributed by atoms with van der Waals surface area (Å²) in [5.74, 6) is 1.31. The molecule has 0 fully saturated rings. The summed E-state index contributed by atoms with van der Waals surface area (Å²) in [5.41, 5.74) is 2.80. The lowest BCUT2D eigenvalue weighted by Crippen LogP contribution is -2.20. The number of aryl methyl sites for hydroxylation is 1. The van der Waals surface area contributed by atoms with Crippen LogP contribution >= 0.6 is 0 Å². The molecule has 0 aliphatic rings. The van der Waals surface area contributed by atoms with Gasteiger partial charge in [0, 0.05) is 0 Å². The molecule has 1 N–H and O–H groups in total. The van der Waals surface area contributed by atoms with Crippen molar-refractivity contribution >= 4 is 0 Å². The quantitative estimate of drug-likeness (QED) is 0.771. The fraction of sp³-hybridized carbons (Fsp3) is 0.538. The summed E-state index contributed by atoms with van der Waals surface area (Å²) in [5, 5.41) is 3.23. The topological polar surface area (TPSA) is 12.0 Å². The highest BCUT2D eigenvalue weighted by Crippen LogP contribution is 2.23. The molecule has 14 heavy (non-hydrogen) atoms. The Morgan fingerprint density at radius 1 is 1.29 bits per heavy atom. The van der Waals surface area contributed by atoms with E-state index in [1.54, 1.807) is 0 Å². The van der Waals surface area contributed by atoms with E-state index in [4.69, 9.17) is 0 Å². The van der Waals surface area contributed by atoms with Gasteiger partial charge in [-0.2, -0.15) is 0 Å². The van der Waals surface area contributed by atoms with Crippen LogP contribution in [0.2, 0.25) is 0 Å². The summed E-state index contributed by atoms with van der Waals surface area (Å²) in [4.78, 5) is 0. The number of hydrogen-bond acceptors (Lipinski definition) is 1. The number of hydrogen-bond donors (Lipinski definition) is 1. The van der Waals surface area contributed by atoms with Crippen molar-refractivity contribution < 1.29 is 0 Å². The Hall–Kier alpha value is -0.820. The molecule has 2 atom stereocenters. The van der Waals surface area contributed by atoms with Crippen molar-refractivity contribution in [1.29, 1.82) is 0 Å². The van der Waals surface area contributed by atoms with Crippen LogP contribution < -0.4 is 5.32 Å². The summed E-state index contributed by atoms with van der Waals surface area (Å²) in [6, 6.07) is 8.81. The Labute approximate surface area is 87.5 Å². The van der Waals surface area contributed by atoms with Crippen LogP contribution in [0.25, 0.3) is 0 Å². The van der Waals surface area contributed by atoms with Crippen LogP contribution in [0.4, 0.5) is 0 Å². The van der Waals surface area contributed by atoms with E-state index >= 15 is 0 Å². The molecule has 0 spiro atoms. The van der Waals surface area contributed by atoms with E-state index in [2.05, 4.69) is 50.4 Å². The second kappa shape index (κ2) is 5.16. The molecule has 0 aliphatic carbocycles. The Bertz CT molecular complexity index is 280. The van der Waals surface area contributed by atoms with Crippen molar-refractivity contribution in [3.05, 3.63) is 35.4 Å². The van der Waals surface area contributed by atoms with E-state index in [0.717, 1.165) is 6.54 Å². The minimum atomic E-state index is 0.627. The molecule has 0 aliphatic heterocycles. The average Bonchev–Trinajstić information content (AvgIpc) is 2.17. The highest BCUT2D eigenvalue weighted by atomic mass is 14.8. The molecule has 0 saturated carbocycles. The van der Waals surface area contributed by atoms with Crippen molar-refractivity contribution in [3.63, 3.8) is 0 Å². The van der Waals surface area contributed by atoms with Crippen LogP contribution in [0.1, 0.15) is 30.9 Å². The maximum atomic E-state index is 3.23. The van der Waals surface area contributed by atoms with Gasteiger partial charge < -0.3 is 5.32 Å². The molecular weight excluding hydrogens is 170 g/mol. The van der Waals surface area contributed by atoms with Gasteiger partial charge in [-0.05, 0) is 37.9 Å². The third-order valence-corrected chi connectivity index (χ3v) is 2.95. The highest BCUT2D eigenvalue weighted by molar-refractivity contribution is 5.25. The van der Waals surface area contributed by atoms with Crippen molar-refractivity contribution in [2.45, 2.75) is 26.7 Å². The molecule has 0 amide bonds. The average molecular weight is 191 g/mol. The maximum absolute atomic E-state index is 3.23.